The number of carbonyl (C=O) groups excluding carboxylic acids is 3. The summed E-state index contributed by atoms with van der Waals surface area (Å²) in [4.78, 5) is 36.3. The van der Waals surface area contributed by atoms with Gasteiger partial charge in [-0.15, -0.1) is 0 Å². The molecule has 4 rings (SSSR count). The number of ketones is 1. The normalized spacial score (nSPS) is 43.5. The van der Waals surface area contributed by atoms with Crippen molar-refractivity contribution in [3.05, 3.63) is 23.3 Å². The van der Waals surface area contributed by atoms with Gasteiger partial charge in [-0.2, -0.15) is 0 Å². The van der Waals surface area contributed by atoms with Crippen molar-refractivity contribution in [2.24, 2.45) is 28.6 Å². The van der Waals surface area contributed by atoms with Gasteiger partial charge in [-0.25, -0.2) is 0 Å². The highest BCUT2D eigenvalue weighted by Gasteiger charge is 2.67. The molecule has 4 aliphatic rings. The van der Waals surface area contributed by atoms with Gasteiger partial charge in [0, 0.05) is 19.3 Å². The summed E-state index contributed by atoms with van der Waals surface area (Å²) < 4.78 is 11.4. The standard InChI is InChI=1S/C26H36O5/c1-15-13-20-21(24(5)10-7-19(14-23(15)24)30-17(3)28)8-11-25(6)22(20)9-12-26(25,16(2)27)31-18(4)29/h13-14,19-22H,7-12H2,1-6H3/t19-,20+,21-,22-,24+,25-,26-/m1/s1. The van der Waals surface area contributed by atoms with Crippen molar-refractivity contribution in [1.29, 1.82) is 0 Å². The molecule has 0 aliphatic heterocycles. The van der Waals surface area contributed by atoms with Crippen LogP contribution in [0.1, 0.15) is 80.1 Å². The Labute approximate surface area is 185 Å². The fourth-order valence-corrected chi connectivity index (χ4v) is 7.92. The lowest BCUT2D eigenvalue weighted by Crippen LogP contribution is -2.58. The maximum atomic E-state index is 12.9. The third-order valence-corrected chi connectivity index (χ3v) is 9.26. The molecule has 0 heterocycles. The molecule has 0 spiro atoms. The monoisotopic (exact) mass is 428 g/mol. The molecule has 0 bridgehead atoms. The molecule has 2 fully saturated rings. The molecule has 7 atom stereocenters. The third kappa shape index (κ3) is 3.14. The lowest BCUT2D eigenvalue weighted by molar-refractivity contribution is -0.185. The summed E-state index contributed by atoms with van der Waals surface area (Å²) in [6, 6.07) is 0. The summed E-state index contributed by atoms with van der Waals surface area (Å²) in [5.41, 5.74) is 1.29. The van der Waals surface area contributed by atoms with E-state index in [1.807, 2.05) is 0 Å². The van der Waals surface area contributed by atoms with E-state index < -0.39 is 5.60 Å². The van der Waals surface area contributed by atoms with Crippen molar-refractivity contribution in [3.8, 4) is 0 Å². The molecule has 31 heavy (non-hydrogen) atoms. The molecular weight excluding hydrogens is 392 g/mol. The van der Waals surface area contributed by atoms with Crippen molar-refractivity contribution >= 4 is 17.7 Å². The molecule has 2 saturated carbocycles. The van der Waals surface area contributed by atoms with Gasteiger partial charge in [0.05, 0.1) is 0 Å². The van der Waals surface area contributed by atoms with Gasteiger partial charge < -0.3 is 9.47 Å². The second-order valence-electron chi connectivity index (χ2n) is 10.8. The van der Waals surface area contributed by atoms with Crippen LogP contribution in [0.3, 0.4) is 0 Å². The molecule has 0 aromatic heterocycles. The molecule has 0 radical (unpaired) electrons. The molecule has 5 heteroatoms. The van der Waals surface area contributed by atoms with E-state index in [9.17, 15) is 14.4 Å². The number of fused-ring (bicyclic) bond motifs is 5. The number of carbonyl (C=O) groups is 3. The molecule has 0 saturated heterocycles. The van der Waals surface area contributed by atoms with Crippen LogP contribution in [0.2, 0.25) is 0 Å². The smallest absolute Gasteiger partial charge is 0.303 e. The minimum absolute atomic E-state index is 0.0173. The van der Waals surface area contributed by atoms with Crippen molar-refractivity contribution in [2.45, 2.75) is 91.8 Å². The Balaban J connectivity index is 1.73. The van der Waals surface area contributed by atoms with Gasteiger partial charge >= 0.3 is 11.9 Å². The summed E-state index contributed by atoms with van der Waals surface area (Å²) in [7, 11) is 0. The average Bonchev–Trinajstić information content (AvgIpc) is 2.96. The molecule has 0 N–H and O–H groups in total. The first-order valence-corrected chi connectivity index (χ1v) is 11.7. The van der Waals surface area contributed by atoms with Crippen LogP contribution in [0.5, 0.6) is 0 Å². The minimum Gasteiger partial charge on any atom is -0.458 e. The van der Waals surface area contributed by atoms with E-state index in [4.69, 9.17) is 9.47 Å². The van der Waals surface area contributed by atoms with Gasteiger partial charge in [-0.3, -0.25) is 14.4 Å². The lowest BCUT2D eigenvalue weighted by atomic mass is 9.47. The topological polar surface area (TPSA) is 69.7 Å². The van der Waals surface area contributed by atoms with Crippen molar-refractivity contribution < 1.29 is 23.9 Å². The molecule has 170 valence electrons. The second kappa shape index (κ2) is 7.31. The van der Waals surface area contributed by atoms with E-state index in [0.29, 0.717) is 24.2 Å². The van der Waals surface area contributed by atoms with E-state index >= 15 is 0 Å². The van der Waals surface area contributed by atoms with Crippen molar-refractivity contribution in [1.82, 2.24) is 0 Å². The summed E-state index contributed by atoms with van der Waals surface area (Å²) in [5.74, 6) is 0.550. The van der Waals surface area contributed by atoms with Crippen LogP contribution in [0, 0.1) is 28.6 Å². The summed E-state index contributed by atoms with van der Waals surface area (Å²) in [6.45, 7) is 11.2. The fraction of sp³-hybridized carbons (Fsp3) is 0.731. The lowest BCUT2D eigenvalue weighted by Gasteiger charge is -2.58. The number of esters is 2. The predicted octanol–water partition coefficient (Wildman–Crippen LogP) is 4.94. The number of Topliss-reactive ketones (excluding diaryl/α,β-unsaturated/α-hetero) is 1. The maximum Gasteiger partial charge on any atom is 0.303 e. The molecule has 4 aliphatic carbocycles. The fourth-order valence-electron chi connectivity index (χ4n) is 7.92. The zero-order valence-corrected chi connectivity index (χ0v) is 19.7. The molecular formula is C26H36O5. The second-order valence-corrected chi connectivity index (χ2v) is 10.8. The Bertz CT molecular complexity index is 884. The van der Waals surface area contributed by atoms with Crippen LogP contribution < -0.4 is 0 Å². The molecule has 5 nitrogen and oxygen atoms in total. The predicted molar refractivity (Wildman–Crippen MR) is 117 cm³/mol. The summed E-state index contributed by atoms with van der Waals surface area (Å²) in [6.07, 6.45) is 9.69. The Morgan fingerprint density at radius 2 is 1.58 bits per heavy atom. The van der Waals surface area contributed by atoms with Gasteiger partial charge in [-0.1, -0.05) is 25.5 Å². The van der Waals surface area contributed by atoms with Gasteiger partial charge in [0.1, 0.15) is 6.10 Å². The van der Waals surface area contributed by atoms with Crippen LogP contribution in [-0.2, 0) is 23.9 Å². The van der Waals surface area contributed by atoms with Crippen LogP contribution >= 0.6 is 0 Å². The first-order chi connectivity index (χ1) is 14.4. The highest BCUT2D eigenvalue weighted by Crippen LogP contribution is 2.68. The quantitative estimate of drug-likeness (QED) is 0.596. The van der Waals surface area contributed by atoms with E-state index in [-0.39, 0.29) is 34.7 Å². The number of hydrogen-bond acceptors (Lipinski definition) is 5. The molecule has 0 unspecified atom stereocenters. The number of rotatable bonds is 3. The SMILES string of the molecule is CC(=O)O[C@H]1C=C2C(C)=C[C@H]3[C@@H](CC[C@]4(C)[C@@H]3CC[C@@]4(OC(C)=O)C(C)=O)[C@]2(C)CC1. The number of ether oxygens (including phenoxy) is 2. The Morgan fingerprint density at radius 3 is 2.19 bits per heavy atom. The molecule has 0 aromatic rings. The van der Waals surface area contributed by atoms with E-state index in [1.54, 1.807) is 6.92 Å². The Kier molecular flexibility index (Phi) is 5.26. The Hall–Kier alpha value is -1.91. The highest BCUT2D eigenvalue weighted by atomic mass is 16.6. The zero-order chi connectivity index (χ0) is 22.8. The summed E-state index contributed by atoms with van der Waals surface area (Å²) >= 11 is 0. The van der Waals surface area contributed by atoms with E-state index in [2.05, 4.69) is 32.9 Å². The van der Waals surface area contributed by atoms with Gasteiger partial charge in [0.25, 0.3) is 0 Å². The first kappa shape index (κ1) is 22.3. The van der Waals surface area contributed by atoms with E-state index in [0.717, 1.165) is 32.1 Å². The third-order valence-electron chi connectivity index (χ3n) is 9.26. The van der Waals surface area contributed by atoms with Gasteiger partial charge in [0.2, 0.25) is 0 Å². The molecule has 0 aromatic carbocycles. The van der Waals surface area contributed by atoms with Gasteiger partial charge in [-0.05, 0) is 87.2 Å². The van der Waals surface area contributed by atoms with Crippen molar-refractivity contribution in [2.75, 3.05) is 0 Å². The first-order valence-electron chi connectivity index (χ1n) is 11.7. The largest absolute Gasteiger partial charge is 0.458 e. The van der Waals surface area contributed by atoms with Gasteiger partial charge in [0.15, 0.2) is 11.4 Å². The van der Waals surface area contributed by atoms with E-state index in [1.165, 1.54) is 25.0 Å². The highest BCUT2D eigenvalue weighted by molar-refractivity contribution is 5.89. The zero-order valence-electron chi connectivity index (χ0n) is 19.7. The maximum absolute atomic E-state index is 12.9. The Morgan fingerprint density at radius 1 is 0.903 bits per heavy atom. The minimum atomic E-state index is -1.000. The number of hydrogen-bond donors (Lipinski definition) is 0. The molecule has 0 amide bonds. The van der Waals surface area contributed by atoms with Crippen LogP contribution in [-0.4, -0.2) is 29.4 Å². The van der Waals surface area contributed by atoms with Crippen LogP contribution in [0.4, 0.5) is 0 Å². The van der Waals surface area contributed by atoms with Crippen molar-refractivity contribution in [3.63, 3.8) is 0 Å². The van der Waals surface area contributed by atoms with Crippen LogP contribution in [0.25, 0.3) is 0 Å². The van der Waals surface area contributed by atoms with Crippen LogP contribution in [0.15, 0.2) is 23.3 Å². The summed E-state index contributed by atoms with van der Waals surface area (Å²) in [5, 5.41) is 0. The average molecular weight is 429 g/mol. The number of allylic oxidation sites excluding steroid dienone is 3.